The molecule has 2 aliphatic carbocycles. The maximum atomic E-state index is 13.5. The summed E-state index contributed by atoms with van der Waals surface area (Å²) in [4.78, 5) is 69.7. The molecule has 4 amide bonds. The summed E-state index contributed by atoms with van der Waals surface area (Å²) in [6.45, 7) is 14.8. The Bertz CT molecular complexity index is 2250. The molecule has 3 saturated heterocycles. The molecule has 0 radical (unpaired) electrons. The number of ether oxygens (including phenoxy) is 1. The van der Waals surface area contributed by atoms with Crippen molar-refractivity contribution < 1.29 is 28.7 Å². The SMILES string of the molecule is Cc1ccc(N2CC(N3CCC(C#Cc4ccc(C=O)c(CN(C)C5C(C)(C)C(OC6=CCC(C#N)C(Cl)=C6)C5(C)C)c4)CC3)C2)cc1C(=O)N(C=O)C1CCC(=O)NC1=O. The predicted molar refractivity (Wildman–Crippen MR) is 232 cm³/mol. The average Bonchev–Trinajstić information content (AvgIpc) is 3.20. The third-order valence-corrected chi connectivity index (χ3v) is 13.9. The van der Waals surface area contributed by atoms with Gasteiger partial charge in [-0.2, -0.15) is 5.26 Å². The molecule has 0 aromatic heterocycles. The summed E-state index contributed by atoms with van der Waals surface area (Å²) in [5, 5.41) is 12.1. The summed E-state index contributed by atoms with van der Waals surface area (Å²) in [5.41, 5.74) is 4.03. The van der Waals surface area contributed by atoms with E-state index in [0.717, 1.165) is 67.0 Å². The van der Waals surface area contributed by atoms with Gasteiger partial charge in [-0.3, -0.25) is 44.0 Å². The Morgan fingerprint density at radius 2 is 1.77 bits per heavy atom. The summed E-state index contributed by atoms with van der Waals surface area (Å²) in [6.07, 6.45) is 7.59. The number of aryl methyl sites for hydroxylation is 1. The van der Waals surface area contributed by atoms with Gasteiger partial charge in [0.15, 0.2) is 0 Å². The van der Waals surface area contributed by atoms with Crippen molar-refractivity contribution in [2.45, 2.75) is 97.5 Å². The van der Waals surface area contributed by atoms with E-state index in [1.165, 1.54) is 0 Å². The number of amides is 4. The van der Waals surface area contributed by atoms with Crippen molar-refractivity contribution in [2.75, 3.05) is 38.1 Å². The molecule has 12 nitrogen and oxygen atoms in total. The second-order valence-electron chi connectivity index (χ2n) is 18.5. The Morgan fingerprint density at radius 1 is 1.05 bits per heavy atom. The highest BCUT2D eigenvalue weighted by molar-refractivity contribution is 6.30. The summed E-state index contributed by atoms with van der Waals surface area (Å²) >= 11 is 6.37. The number of anilines is 1. The molecule has 3 aliphatic heterocycles. The summed E-state index contributed by atoms with van der Waals surface area (Å²) < 4.78 is 6.55. The third-order valence-electron chi connectivity index (χ3n) is 13.5. The molecule has 0 bridgehead atoms. The first-order valence-electron chi connectivity index (χ1n) is 21.2. The standard InChI is InChI=1S/C48H55ClN6O6/c1-30-7-13-36(22-39(30)44(60)55(29-57)41-15-16-42(58)51-43(41)59)54-26-37(27-54)53-19-17-31(18-20-53)8-9-32-10-11-34(28-56)35(21-32)25-52(6)45-47(2,3)46(48(45,4)5)61-38-14-12-33(24-50)40(49)23-38/h7,10-11,13-14,21-23,28-29,31,33,37,41,45-46H,12,15-20,25-27H2,1-6H3,(H,51,58,59). The van der Waals surface area contributed by atoms with Crippen LogP contribution in [0.1, 0.15) is 97.2 Å². The van der Waals surface area contributed by atoms with Crippen molar-refractivity contribution in [1.82, 2.24) is 20.0 Å². The van der Waals surface area contributed by atoms with Crippen LogP contribution >= 0.6 is 11.6 Å². The molecule has 2 unspecified atom stereocenters. The number of likely N-dealkylation sites (tertiary alicyclic amines) is 1. The Labute approximate surface area is 363 Å². The number of aldehydes is 1. The number of nitrogens with one attached hydrogen (secondary N) is 1. The highest BCUT2D eigenvalue weighted by Crippen LogP contribution is 2.58. The van der Waals surface area contributed by atoms with Gasteiger partial charge in [0, 0.05) is 82.3 Å². The average molecular weight is 847 g/mol. The molecule has 2 aromatic carbocycles. The maximum Gasteiger partial charge on any atom is 0.261 e. The van der Waals surface area contributed by atoms with Crippen LogP contribution < -0.4 is 10.2 Å². The lowest BCUT2D eigenvalue weighted by Crippen LogP contribution is -2.72. The van der Waals surface area contributed by atoms with E-state index in [2.05, 4.69) is 78.7 Å². The number of rotatable bonds is 11. The minimum absolute atomic E-state index is 0.0699. The van der Waals surface area contributed by atoms with Gasteiger partial charge in [-0.05, 0) is 100 Å². The fourth-order valence-corrected chi connectivity index (χ4v) is 10.9. The third kappa shape index (κ3) is 8.77. The van der Waals surface area contributed by atoms with Crippen LogP contribution in [0.4, 0.5) is 5.69 Å². The number of benzene rings is 2. The fourth-order valence-electron chi connectivity index (χ4n) is 10.7. The largest absolute Gasteiger partial charge is 0.489 e. The lowest BCUT2D eigenvalue weighted by Gasteiger charge is -2.65. The highest BCUT2D eigenvalue weighted by Gasteiger charge is 2.65. The molecule has 13 heteroatoms. The van der Waals surface area contributed by atoms with E-state index in [-0.39, 0.29) is 47.7 Å². The monoisotopic (exact) mass is 846 g/mol. The second-order valence-corrected chi connectivity index (χ2v) is 18.9. The van der Waals surface area contributed by atoms with Gasteiger partial charge in [-0.1, -0.05) is 63.3 Å². The van der Waals surface area contributed by atoms with E-state index in [1.807, 2.05) is 30.3 Å². The van der Waals surface area contributed by atoms with Crippen LogP contribution in [0.15, 0.2) is 59.3 Å². The zero-order valence-electron chi connectivity index (χ0n) is 35.9. The van der Waals surface area contributed by atoms with Crippen LogP contribution in [0.5, 0.6) is 0 Å². The molecule has 3 heterocycles. The molecule has 1 N–H and O–H groups in total. The molecule has 5 aliphatic rings. The van der Waals surface area contributed by atoms with E-state index in [4.69, 9.17) is 16.3 Å². The molecular weight excluding hydrogens is 792 g/mol. The van der Waals surface area contributed by atoms with Crippen molar-refractivity contribution in [3.05, 3.63) is 87.2 Å². The van der Waals surface area contributed by atoms with Gasteiger partial charge in [0.25, 0.3) is 5.91 Å². The summed E-state index contributed by atoms with van der Waals surface area (Å²) in [7, 11) is 2.11. The van der Waals surface area contributed by atoms with Crippen LogP contribution in [-0.2, 0) is 25.7 Å². The number of allylic oxidation sites excluding steroid dienone is 3. The van der Waals surface area contributed by atoms with E-state index >= 15 is 0 Å². The van der Waals surface area contributed by atoms with Gasteiger partial charge in [0.2, 0.25) is 18.2 Å². The molecule has 1 saturated carbocycles. The van der Waals surface area contributed by atoms with Gasteiger partial charge in [0.05, 0.1) is 12.0 Å². The van der Waals surface area contributed by atoms with E-state index in [9.17, 15) is 29.2 Å². The van der Waals surface area contributed by atoms with Gasteiger partial charge < -0.3 is 9.64 Å². The van der Waals surface area contributed by atoms with Crippen LogP contribution in [-0.4, -0.2) is 103 Å². The lowest BCUT2D eigenvalue weighted by atomic mass is 9.49. The van der Waals surface area contributed by atoms with E-state index in [0.29, 0.717) is 52.9 Å². The van der Waals surface area contributed by atoms with Crippen molar-refractivity contribution in [1.29, 1.82) is 5.26 Å². The zero-order valence-corrected chi connectivity index (χ0v) is 36.6. The Hall–Kier alpha value is -5.27. The Morgan fingerprint density at radius 3 is 2.41 bits per heavy atom. The number of carbonyl (C=O) groups is 5. The molecule has 7 rings (SSSR count). The smallest absolute Gasteiger partial charge is 0.261 e. The van der Waals surface area contributed by atoms with Crippen LogP contribution in [0.2, 0.25) is 0 Å². The number of imide groups is 2. The van der Waals surface area contributed by atoms with Crippen LogP contribution in [0.25, 0.3) is 0 Å². The molecular formula is C48H55ClN6O6. The van der Waals surface area contributed by atoms with Crippen molar-refractivity contribution in [3.8, 4) is 17.9 Å². The Balaban J connectivity index is 0.920. The minimum Gasteiger partial charge on any atom is -0.489 e. The second kappa shape index (κ2) is 17.6. The number of hydrogen-bond donors (Lipinski definition) is 1. The molecule has 2 atom stereocenters. The van der Waals surface area contributed by atoms with E-state index in [1.54, 1.807) is 19.1 Å². The van der Waals surface area contributed by atoms with Gasteiger partial charge in [-0.15, -0.1) is 0 Å². The maximum absolute atomic E-state index is 13.5. The minimum atomic E-state index is -1.02. The van der Waals surface area contributed by atoms with Gasteiger partial charge in [0.1, 0.15) is 24.2 Å². The predicted octanol–water partition coefficient (Wildman–Crippen LogP) is 5.97. The molecule has 2 aromatic rings. The number of carbonyl (C=O) groups excluding carboxylic acids is 5. The first-order chi connectivity index (χ1) is 29.0. The number of nitriles is 1. The number of piperidine rings is 2. The fraction of sp³-hybridized carbons (Fsp3) is 0.500. The van der Waals surface area contributed by atoms with Crippen LogP contribution in [0.3, 0.4) is 0 Å². The number of nitrogens with zero attached hydrogens (tertiary/aromatic N) is 5. The summed E-state index contributed by atoms with van der Waals surface area (Å²) in [6, 6.07) is 13.2. The quantitative estimate of drug-likeness (QED) is 0.164. The normalized spacial score (nSPS) is 25.1. The molecule has 0 spiro atoms. The number of halogens is 1. The van der Waals surface area contributed by atoms with E-state index < -0.39 is 23.8 Å². The summed E-state index contributed by atoms with van der Waals surface area (Å²) in [5.74, 6) is 6.01. The lowest BCUT2D eigenvalue weighted by molar-refractivity contribution is -0.225. The molecule has 320 valence electrons. The van der Waals surface area contributed by atoms with Crippen molar-refractivity contribution in [3.63, 3.8) is 0 Å². The first-order valence-corrected chi connectivity index (χ1v) is 21.6. The molecule has 4 fully saturated rings. The first kappa shape index (κ1) is 43.8. The highest BCUT2D eigenvalue weighted by atomic mass is 35.5. The van der Waals surface area contributed by atoms with Crippen molar-refractivity contribution >= 4 is 47.7 Å². The Kier molecular flexibility index (Phi) is 12.6. The topological polar surface area (TPSA) is 143 Å². The molecule has 61 heavy (non-hydrogen) atoms. The van der Waals surface area contributed by atoms with Gasteiger partial charge >= 0.3 is 0 Å². The van der Waals surface area contributed by atoms with Crippen LogP contribution in [0, 0.1) is 52.8 Å². The number of hydrogen-bond acceptors (Lipinski definition) is 10. The zero-order chi connectivity index (χ0) is 43.8. The van der Waals surface area contributed by atoms with Gasteiger partial charge in [-0.25, -0.2) is 0 Å². The van der Waals surface area contributed by atoms with Crippen molar-refractivity contribution in [2.24, 2.45) is 22.7 Å².